The van der Waals surface area contributed by atoms with Gasteiger partial charge in [-0.3, -0.25) is 4.68 Å². The highest BCUT2D eigenvalue weighted by atomic mass is 127. The Morgan fingerprint density at radius 3 is 2.48 bits per heavy atom. The summed E-state index contributed by atoms with van der Waals surface area (Å²) >= 11 is 0. The Balaban J connectivity index is 0.00000264. The lowest BCUT2D eigenvalue weighted by Gasteiger charge is -2.21. The molecule has 0 unspecified atom stereocenters. The Labute approximate surface area is 156 Å². The molecule has 0 bridgehead atoms. The molecule has 1 fully saturated rings. The van der Waals surface area contributed by atoms with E-state index in [-0.39, 0.29) is 24.0 Å². The highest BCUT2D eigenvalue weighted by molar-refractivity contribution is 14.0. The predicted octanol–water partition coefficient (Wildman–Crippen LogP) is 2.46. The fourth-order valence-corrected chi connectivity index (χ4v) is 2.92. The van der Waals surface area contributed by atoms with Crippen molar-refractivity contribution < 1.29 is 4.74 Å². The van der Waals surface area contributed by atoms with Crippen LogP contribution in [0.3, 0.4) is 0 Å². The van der Waals surface area contributed by atoms with Crippen LogP contribution < -0.4 is 5.73 Å². The first kappa shape index (κ1) is 20.2. The minimum Gasteiger partial charge on any atom is -0.383 e. The van der Waals surface area contributed by atoms with E-state index in [1.54, 1.807) is 7.11 Å². The van der Waals surface area contributed by atoms with Crippen LogP contribution in [0.5, 0.6) is 0 Å². The van der Waals surface area contributed by atoms with Gasteiger partial charge >= 0.3 is 0 Å². The predicted molar refractivity (Wildman–Crippen MR) is 104 cm³/mol. The molecule has 1 aliphatic heterocycles. The summed E-state index contributed by atoms with van der Waals surface area (Å²) in [4.78, 5) is 6.83. The van der Waals surface area contributed by atoms with Crippen LogP contribution in [-0.4, -0.2) is 47.4 Å². The van der Waals surface area contributed by atoms with E-state index < -0.39 is 0 Å². The fourth-order valence-electron chi connectivity index (χ4n) is 2.92. The molecule has 1 aliphatic rings. The van der Waals surface area contributed by atoms with Crippen LogP contribution in [0.2, 0.25) is 0 Å². The Morgan fingerprint density at radius 2 is 1.87 bits per heavy atom. The topological polar surface area (TPSA) is 68.7 Å². The number of halogens is 1. The van der Waals surface area contributed by atoms with Gasteiger partial charge in [0, 0.05) is 31.5 Å². The molecule has 1 aromatic rings. The van der Waals surface area contributed by atoms with Gasteiger partial charge < -0.3 is 15.4 Å². The third kappa shape index (κ3) is 5.63. The third-order valence-electron chi connectivity index (χ3n) is 4.37. The summed E-state index contributed by atoms with van der Waals surface area (Å²) in [6.45, 7) is 8.22. The lowest BCUT2D eigenvalue weighted by molar-refractivity contribution is 0.182. The van der Waals surface area contributed by atoms with E-state index in [1.165, 1.54) is 31.2 Å². The van der Waals surface area contributed by atoms with Gasteiger partial charge in [0.05, 0.1) is 25.4 Å². The maximum absolute atomic E-state index is 6.18. The van der Waals surface area contributed by atoms with Crippen LogP contribution in [0, 0.1) is 13.8 Å². The number of aliphatic imine (C=N–C) groups is 1. The maximum atomic E-state index is 6.18. The SMILES string of the molecule is COCCn1nc(C)c(CN=C(N)N2CCCCCC2)c1C.I. The molecule has 7 heteroatoms. The molecule has 0 saturated carbocycles. The molecule has 6 nitrogen and oxygen atoms in total. The van der Waals surface area contributed by atoms with E-state index in [1.807, 2.05) is 11.6 Å². The van der Waals surface area contributed by atoms with E-state index in [4.69, 9.17) is 10.5 Å². The van der Waals surface area contributed by atoms with Gasteiger partial charge in [-0.15, -0.1) is 24.0 Å². The number of hydrogen-bond acceptors (Lipinski definition) is 3. The molecule has 23 heavy (non-hydrogen) atoms. The van der Waals surface area contributed by atoms with E-state index in [0.717, 1.165) is 31.0 Å². The Bertz CT molecular complexity index is 507. The summed E-state index contributed by atoms with van der Waals surface area (Å²) < 4.78 is 7.12. The largest absolute Gasteiger partial charge is 0.383 e. The normalized spacial score (nSPS) is 16.1. The van der Waals surface area contributed by atoms with Crippen LogP contribution in [0.15, 0.2) is 4.99 Å². The van der Waals surface area contributed by atoms with Crippen LogP contribution in [0.25, 0.3) is 0 Å². The zero-order valence-corrected chi connectivity index (χ0v) is 16.9. The molecule has 0 atom stereocenters. The maximum Gasteiger partial charge on any atom is 0.191 e. The van der Waals surface area contributed by atoms with Crippen molar-refractivity contribution in [3.63, 3.8) is 0 Å². The molecule has 2 rings (SSSR count). The van der Waals surface area contributed by atoms with Crippen LogP contribution in [0.4, 0.5) is 0 Å². The summed E-state index contributed by atoms with van der Waals surface area (Å²) in [5.41, 5.74) is 9.54. The summed E-state index contributed by atoms with van der Waals surface area (Å²) in [5.74, 6) is 0.672. The zero-order chi connectivity index (χ0) is 15.9. The van der Waals surface area contributed by atoms with Crippen molar-refractivity contribution in [3.8, 4) is 0 Å². The van der Waals surface area contributed by atoms with Crippen LogP contribution in [0.1, 0.15) is 42.6 Å². The van der Waals surface area contributed by atoms with Crippen molar-refractivity contribution in [3.05, 3.63) is 17.0 Å². The van der Waals surface area contributed by atoms with Crippen LogP contribution in [-0.2, 0) is 17.8 Å². The second kappa shape index (κ2) is 10.1. The Hall–Kier alpha value is -0.830. The average Bonchev–Trinajstić information content (AvgIpc) is 2.72. The Kier molecular flexibility index (Phi) is 8.90. The first-order valence-corrected chi connectivity index (χ1v) is 8.20. The van der Waals surface area contributed by atoms with Gasteiger partial charge in [0.1, 0.15) is 0 Å². The smallest absolute Gasteiger partial charge is 0.191 e. The summed E-state index contributed by atoms with van der Waals surface area (Å²) in [6, 6.07) is 0. The minimum absolute atomic E-state index is 0. The number of aromatic nitrogens is 2. The molecule has 1 aromatic heterocycles. The lowest BCUT2D eigenvalue weighted by atomic mass is 10.2. The van der Waals surface area contributed by atoms with Gasteiger partial charge in [-0.1, -0.05) is 12.8 Å². The standard InChI is InChI=1S/C16H29N5O.HI/c1-13-15(14(2)21(19-13)10-11-22-3)12-18-16(17)20-8-6-4-5-7-9-20;/h4-12H2,1-3H3,(H2,17,18);1H. The molecule has 1 saturated heterocycles. The molecule has 2 heterocycles. The summed E-state index contributed by atoms with van der Waals surface area (Å²) in [5, 5.41) is 4.57. The van der Waals surface area contributed by atoms with E-state index in [9.17, 15) is 0 Å². The van der Waals surface area contributed by atoms with Crippen molar-refractivity contribution in [2.45, 2.75) is 52.6 Å². The van der Waals surface area contributed by atoms with Gasteiger partial charge in [0.25, 0.3) is 0 Å². The Morgan fingerprint density at radius 1 is 1.22 bits per heavy atom. The summed E-state index contributed by atoms with van der Waals surface area (Å²) in [6.07, 6.45) is 5.02. The number of hydrogen-bond donors (Lipinski definition) is 1. The number of guanidine groups is 1. The van der Waals surface area contributed by atoms with E-state index >= 15 is 0 Å². The summed E-state index contributed by atoms with van der Waals surface area (Å²) in [7, 11) is 1.71. The van der Waals surface area contributed by atoms with Crippen molar-refractivity contribution in [2.24, 2.45) is 10.7 Å². The quantitative estimate of drug-likeness (QED) is 0.438. The van der Waals surface area contributed by atoms with E-state index in [0.29, 0.717) is 19.1 Å². The molecule has 0 amide bonds. The van der Waals surface area contributed by atoms with Crippen molar-refractivity contribution >= 4 is 29.9 Å². The van der Waals surface area contributed by atoms with Crippen molar-refractivity contribution in [1.29, 1.82) is 0 Å². The molecule has 0 spiro atoms. The molecule has 0 aliphatic carbocycles. The van der Waals surface area contributed by atoms with E-state index in [2.05, 4.69) is 21.9 Å². The van der Waals surface area contributed by atoms with Gasteiger partial charge in [-0.05, 0) is 26.7 Å². The number of nitrogens with two attached hydrogens (primary N) is 1. The molecule has 2 N–H and O–H groups in total. The first-order valence-electron chi connectivity index (χ1n) is 8.20. The number of likely N-dealkylation sites (tertiary alicyclic amines) is 1. The third-order valence-corrected chi connectivity index (χ3v) is 4.37. The number of nitrogens with zero attached hydrogens (tertiary/aromatic N) is 4. The lowest BCUT2D eigenvalue weighted by Crippen LogP contribution is -2.38. The monoisotopic (exact) mass is 435 g/mol. The highest BCUT2D eigenvalue weighted by Gasteiger charge is 2.13. The van der Waals surface area contributed by atoms with Gasteiger partial charge in [-0.2, -0.15) is 5.10 Å². The number of aryl methyl sites for hydroxylation is 1. The van der Waals surface area contributed by atoms with Gasteiger partial charge in [-0.25, -0.2) is 4.99 Å². The molecule has 132 valence electrons. The van der Waals surface area contributed by atoms with Crippen molar-refractivity contribution in [2.75, 3.05) is 26.8 Å². The first-order chi connectivity index (χ1) is 10.6. The minimum atomic E-state index is 0. The molecular formula is C16H30IN5O. The second-order valence-electron chi connectivity index (χ2n) is 5.94. The highest BCUT2D eigenvalue weighted by Crippen LogP contribution is 2.15. The second-order valence-corrected chi connectivity index (χ2v) is 5.94. The number of rotatable bonds is 5. The van der Waals surface area contributed by atoms with Gasteiger partial charge in [0.15, 0.2) is 5.96 Å². The van der Waals surface area contributed by atoms with Crippen LogP contribution >= 0.6 is 24.0 Å². The molecular weight excluding hydrogens is 405 g/mol. The average molecular weight is 435 g/mol. The zero-order valence-electron chi connectivity index (χ0n) is 14.5. The van der Waals surface area contributed by atoms with Crippen molar-refractivity contribution in [1.82, 2.24) is 14.7 Å². The molecule has 0 radical (unpaired) electrons. The number of methoxy groups -OCH3 is 1. The van der Waals surface area contributed by atoms with Gasteiger partial charge in [0.2, 0.25) is 0 Å². The number of ether oxygens (including phenoxy) is 1. The molecule has 0 aromatic carbocycles. The fraction of sp³-hybridized carbons (Fsp3) is 0.750.